The summed E-state index contributed by atoms with van der Waals surface area (Å²) in [6.45, 7) is 6.66. The third-order valence-corrected chi connectivity index (χ3v) is 10.2. The largest absolute Gasteiger partial charge is 0.329 e. The van der Waals surface area contributed by atoms with E-state index in [1.165, 1.54) is 14.6 Å². The van der Waals surface area contributed by atoms with Gasteiger partial charge in [0.15, 0.2) is 0 Å². The summed E-state index contributed by atoms with van der Waals surface area (Å²) >= 11 is 0. The van der Waals surface area contributed by atoms with Crippen molar-refractivity contribution >= 4 is 39.8 Å². The third kappa shape index (κ3) is 5.51. The van der Waals surface area contributed by atoms with Crippen LogP contribution in [0.4, 0.5) is 4.79 Å². The van der Waals surface area contributed by atoms with E-state index in [-0.39, 0.29) is 38.0 Å². The van der Waals surface area contributed by atoms with Gasteiger partial charge in [-0.25, -0.2) is 13.2 Å². The molecule has 2 saturated heterocycles. The maximum atomic E-state index is 13.2. The molecule has 5 rings (SSSR count). The maximum Gasteiger partial charge on any atom is 0.324 e. The molecule has 210 valence electrons. The molecule has 4 amide bonds. The van der Waals surface area contributed by atoms with E-state index in [1.54, 1.807) is 6.08 Å². The highest BCUT2D eigenvalue weighted by molar-refractivity contribution is 7.92. The van der Waals surface area contributed by atoms with Gasteiger partial charge in [0.1, 0.15) is 11.4 Å². The van der Waals surface area contributed by atoms with Gasteiger partial charge in [-0.3, -0.25) is 19.5 Å². The minimum atomic E-state index is -3.70. The van der Waals surface area contributed by atoms with E-state index in [1.807, 2.05) is 26.0 Å². The summed E-state index contributed by atoms with van der Waals surface area (Å²) in [6, 6.07) is 3.32. The number of imide groups is 1. The lowest BCUT2D eigenvalue weighted by atomic mass is 9.82. The van der Waals surface area contributed by atoms with Crippen molar-refractivity contribution < 1.29 is 22.8 Å². The number of carbonyl (C=O) groups is 3. The van der Waals surface area contributed by atoms with Crippen molar-refractivity contribution in [1.29, 1.82) is 0 Å². The van der Waals surface area contributed by atoms with E-state index < -0.39 is 21.6 Å². The normalized spacial score (nSPS) is 25.9. The van der Waals surface area contributed by atoms with Crippen LogP contribution in [0.15, 0.2) is 22.5 Å². The Kier molecular flexibility index (Phi) is 7.41. The predicted octanol–water partition coefficient (Wildman–Crippen LogP) is 2.84. The van der Waals surface area contributed by atoms with Gasteiger partial charge in [-0.15, -0.1) is 0 Å². The number of amides is 4. The second-order valence-corrected chi connectivity index (χ2v) is 13.3. The molecule has 0 radical (unpaired) electrons. The minimum absolute atomic E-state index is 0.00510. The lowest BCUT2D eigenvalue weighted by molar-refractivity contribution is -0.126. The number of amidine groups is 1. The minimum Gasteiger partial charge on any atom is -0.329 e. The van der Waals surface area contributed by atoms with Gasteiger partial charge in [0, 0.05) is 24.4 Å². The number of aliphatic imine (C=N–C) groups is 1. The summed E-state index contributed by atoms with van der Waals surface area (Å²) in [5.41, 5.74) is 2.42. The second kappa shape index (κ2) is 10.5. The number of hydrogen-bond donors (Lipinski definition) is 2. The Balaban J connectivity index is 1.24. The van der Waals surface area contributed by atoms with Gasteiger partial charge in [0.2, 0.25) is 15.9 Å². The number of hydrogen-bond acceptors (Lipinski definition) is 6. The van der Waals surface area contributed by atoms with E-state index in [2.05, 4.69) is 17.6 Å². The summed E-state index contributed by atoms with van der Waals surface area (Å²) in [5.74, 6) is 1.44. The summed E-state index contributed by atoms with van der Waals surface area (Å²) in [4.78, 5) is 42.8. The lowest BCUT2D eigenvalue weighted by Crippen LogP contribution is -2.50. The first-order valence-electron chi connectivity index (χ1n) is 13.8. The third-order valence-electron chi connectivity index (χ3n) is 8.65. The van der Waals surface area contributed by atoms with Crippen molar-refractivity contribution in [2.75, 3.05) is 19.6 Å². The van der Waals surface area contributed by atoms with E-state index >= 15 is 0 Å². The van der Waals surface area contributed by atoms with Gasteiger partial charge < -0.3 is 10.6 Å². The Morgan fingerprint density at radius 3 is 2.28 bits per heavy atom. The molecule has 4 aliphatic rings. The van der Waals surface area contributed by atoms with Crippen LogP contribution in [0.1, 0.15) is 67.7 Å². The first-order chi connectivity index (χ1) is 18.5. The van der Waals surface area contributed by atoms with Gasteiger partial charge in [-0.05, 0) is 73.8 Å². The molecular weight excluding hydrogens is 518 g/mol. The maximum absolute atomic E-state index is 13.2. The van der Waals surface area contributed by atoms with Crippen LogP contribution in [0.3, 0.4) is 0 Å². The monoisotopic (exact) mass is 555 g/mol. The Labute approximate surface area is 230 Å². The molecule has 10 nitrogen and oxygen atoms in total. The topological polar surface area (TPSA) is 128 Å². The predicted molar refractivity (Wildman–Crippen MR) is 148 cm³/mol. The van der Waals surface area contributed by atoms with Gasteiger partial charge in [0.05, 0.1) is 13.1 Å². The zero-order valence-electron chi connectivity index (χ0n) is 22.8. The summed E-state index contributed by atoms with van der Waals surface area (Å²) in [7, 11) is -3.70. The van der Waals surface area contributed by atoms with E-state index in [4.69, 9.17) is 4.99 Å². The number of piperidine rings is 1. The number of rotatable bonds is 6. The van der Waals surface area contributed by atoms with Gasteiger partial charge in [-0.2, -0.15) is 4.31 Å². The molecule has 11 heteroatoms. The molecule has 1 saturated carbocycles. The van der Waals surface area contributed by atoms with Crippen LogP contribution in [0.25, 0.3) is 6.08 Å². The van der Waals surface area contributed by atoms with Gasteiger partial charge >= 0.3 is 6.03 Å². The zero-order valence-corrected chi connectivity index (χ0v) is 23.6. The number of urea groups is 1. The molecular formula is C28H37N5O5S. The molecule has 3 fully saturated rings. The molecule has 0 unspecified atom stereocenters. The van der Waals surface area contributed by atoms with Crippen molar-refractivity contribution in [3.63, 3.8) is 0 Å². The Hall–Kier alpha value is -3.05. The number of benzene rings is 1. The van der Waals surface area contributed by atoms with Crippen LogP contribution in [-0.4, -0.2) is 66.5 Å². The molecule has 1 aromatic carbocycles. The fourth-order valence-corrected chi connectivity index (χ4v) is 7.35. The van der Waals surface area contributed by atoms with Crippen LogP contribution in [0, 0.1) is 25.7 Å². The van der Waals surface area contributed by atoms with Crippen molar-refractivity contribution in [2.45, 2.75) is 71.4 Å². The van der Waals surface area contributed by atoms with Crippen LogP contribution < -0.4 is 10.6 Å². The van der Waals surface area contributed by atoms with Crippen molar-refractivity contribution in [3.8, 4) is 0 Å². The lowest BCUT2D eigenvalue weighted by Gasteiger charge is -2.34. The molecule has 0 bridgehead atoms. The van der Waals surface area contributed by atoms with E-state index in [0.29, 0.717) is 24.7 Å². The highest BCUT2D eigenvalue weighted by Crippen LogP contribution is 2.36. The van der Waals surface area contributed by atoms with Gasteiger partial charge in [-0.1, -0.05) is 31.9 Å². The summed E-state index contributed by atoms with van der Waals surface area (Å²) < 4.78 is 27.8. The van der Waals surface area contributed by atoms with Crippen molar-refractivity contribution in [2.24, 2.45) is 16.8 Å². The zero-order chi connectivity index (χ0) is 27.9. The Morgan fingerprint density at radius 1 is 1.05 bits per heavy atom. The number of nitrogens with zero attached hydrogens (tertiary/aromatic N) is 3. The van der Waals surface area contributed by atoms with Crippen LogP contribution in [0.2, 0.25) is 0 Å². The standard InChI is InChI=1S/C28H37N5O5S/c1-18-4-6-22(7-5-18)25-30-26(35)28(31-25)9-11-32(12-10-28)39(37,38)13-8-23-19(2)14-21(15-20(23)3)17-33-24(34)16-29-27(33)36/h8,13-15,18,22H,4-7,9-12,16-17H2,1-3H3,(H,29,36)(H,30,31,35)/b13-8+. The molecule has 0 atom stereocenters. The number of carbonyl (C=O) groups excluding carboxylic acids is 3. The number of nitrogens with one attached hydrogen (secondary N) is 2. The fourth-order valence-electron chi connectivity index (χ4n) is 6.17. The Bertz CT molecular complexity index is 1310. The molecule has 1 aromatic rings. The number of aryl methyl sites for hydroxylation is 2. The smallest absolute Gasteiger partial charge is 0.324 e. The first-order valence-corrected chi connectivity index (χ1v) is 15.3. The average molecular weight is 556 g/mol. The molecule has 39 heavy (non-hydrogen) atoms. The molecule has 3 heterocycles. The van der Waals surface area contributed by atoms with Crippen molar-refractivity contribution in [1.82, 2.24) is 19.8 Å². The van der Waals surface area contributed by atoms with Crippen molar-refractivity contribution in [3.05, 3.63) is 39.8 Å². The summed E-state index contributed by atoms with van der Waals surface area (Å²) in [5, 5.41) is 6.77. The molecule has 1 aliphatic carbocycles. The van der Waals surface area contributed by atoms with Gasteiger partial charge in [0.25, 0.3) is 5.91 Å². The van der Waals surface area contributed by atoms with Crippen LogP contribution >= 0.6 is 0 Å². The van der Waals surface area contributed by atoms with Crippen LogP contribution in [0.5, 0.6) is 0 Å². The second-order valence-electron chi connectivity index (χ2n) is 11.5. The quantitative estimate of drug-likeness (QED) is 0.522. The van der Waals surface area contributed by atoms with E-state index in [9.17, 15) is 22.8 Å². The number of sulfonamides is 1. The van der Waals surface area contributed by atoms with E-state index in [0.717, 1.165) is 53.8 Å². The first kappa shape index (κ1) is 27.5. The van der Waals surface area contributed by atoms with Crippen LogP contribution in [-0.2, 0) is 26.2 Å². The Morgan fingerprint density at radius 2 is 1.69 bits per heavy atom. The fraction of sp³-hybridized carbons (Fsp3) is 0.571. The molecule has 3 aliphatic heterocycles. The average Bonchev–Trinajstić information content (AvgIpc) is 3.37. The summed E-state index contributed by atoms with van der Waals surface area (Å²) in [6.07, 6.45) is 6.69. The molecule has 0 aromatic heterocycles. The highest BCUT2D eigenvalue weighted by atomic mass is 32.2. The molecule has 2 N–H and O–H groups in total. The SMILES string of the molecule is Cc1cc(CN2C(=O)CNC2=O)cc(C)c1/C=C/S(=O)(=O)N1CCC2(CC1)N=C(C1CCC(C)CC1)NC2=O. The molecule has 1 spiro atoms. The highest BCUT2D eigenvalue weighted by Gasteiger charge is 2.48.